The molecule has 0 saturated carbocycles. The maximum absolute atomic E-state index is 16.5. The van der Waals surface area contributed by atoms with Gasteiger partial charge in [0.2, 0.25) is 12.1 Å². The Kier molecular flexibility index (Phi) is 15.7. The molecule has 6 rings (SSSR count). The number of phenols is 2. The molecule has 70 heavy (non-hydrogen) atoms. The number of H-pyrrole nitrogens is 1. The zero-order valence-corrected chi connectivity index (χ0v) is 44.0. The Balaban J connectivity index is 1.00. The first kappa shape index (κ1) is 54.0. The lowest BCUT2D eigenvalue weighted by atomic mass is 9.98. The van der Waals surface area contributed by atoms with Crippen LogP contribution in [0.4, 0.5) is 23.8 Å². The third-order valence-corrected chi connectivity index (χ3v) is 22.9. The topological polar surface area (TPSA) is 216 Å². The molecule has 2 aromatic heterocycles. The van der Waals surface area contributed by atoms with E-state index < -0.39 is 69.3 Å². The van der Waals surface area contributed by atoms with E-state index in [4.69, 9.17) is 18.3 Å². The van der Waals surface area contributed by atoms with Crippen molar-refractivity contribution in [2.75, 3.05) is 44.7 Å². The second-order valence-electron chi connectivity index (χ2n) is 21.3. The molecule has 18 nitrogen and oxygen atoms in total. The van der Waals surface area contributed by atoms with Crippen LogP contribution in [0.1, 0.15) is 85.1 Å². The summed E-state index contributed by atoms with van der Waals surface area (Å²) in [6, 6.07) is 8.20. The highest BCUT2D eigenvalue weighted by Crippen LogP contribution is 2.49. The zero-order chi connectivity index (χ0) is 51.9. The van der Waals surface area contributed by atoms with E-state index in [9.17, 15) is 29.4 Å². The zero-order valence-electron chi connectivity index (χ0n) is 42.0. The average Bonchev–Trinajstić information content (AvgIpc) is 3.74. The predicted molar refractivity (Wildman–Crippen MR) is 261 cm³/mol. The quantitative estimate of drug-likeness (QED) is 0.0842. The lowest BCUT2D eigenvalue weighted by Gasteiger charge is -2.41. The number of piperazine rings is 1. The number of amides is 2. The minimum atomic E-state index is -3.67. The first-order valence-corrected chi connectivity index (χ1v) is 29.1. The molecule has 2 fully saturated rings. The van der Waals surface area contributed by atoms with Crippen molar-refractivity contribution in [1.29, 1.82) is 0 Å². The summed E-state index contributed by atoms with van der Waals surface area (Å²) >= 11 is 0. The van der Waals surface area contributed by atoms with Gasteiger partial charge < -0.3 is 33.4 Å². The van der Waals surface area contributed by atoms with Gasteiger partial charge >= 0.3 is 23.4 Å². The number of hydrogen-bond acceptors (Lipinski definition) is 13. The summed E-state index contributed by atoms with van der Waals surface area (Å²) < 4.78 is 74.1. The van der Waals surface area contributed by atoms with Crippen LogP contribution in [-0.4, -0.2) is 130 Å². The molecule has 2 saturated heterocycles. The minimum Gasteiger partial charge on any atom is -0.508 e. The number of halogens is 3. The van der Waals surface area contributed by atoms with E-state index in [1.807, 2.05) is 86.5 Å². The number of nitrogens with zero attached hydrogens (tertiary/aromatic N) is 6. The Morgan fingerprint density at radius 3 is 2.21 bits per heavy atom. The molecule has 2 aliphatic heterocycles. The summed E-state index contributed by atoms with van der Waals surface area (Å²) in [5, 5.41) is 29.0. The maximum Gasteiger partial charge on any atom is 0.412 e. The van der Waals surface area contributed by atoms with Crippen LogP contribution >= 0.6 is 0 Å². The minimum absolute atomic E-state index is 0.0357. The fourth-order valence-electron chi connectivity index (χ4n) is 7.59. The van der Waals surface area contributed by atoms with Crippen LogP contribution in [0.15, 0.2) is 52.2 Å². The number of phenolic OH excluding ortho intramolecular Hbond substituents is 2. The number of nitrogens with one attached hydrogen (secondary N) is 2. The molecule has 384 valence electrons. The highest BCUT2D eigenvalue weighted by atomic mass is 28.4. The number of carbonyl (C=O) groups excluding carboxylic acids is 2. The number of hydrogen-bond donors (Lipinski definition) is 4. The number of alkyl halides is 2. The van der Waals surface area contributed by atoms with Crippen LogP contribution in [0.5, 0.6) is 11.5 Å². The first-order chi connectivity index (χ1) is 32.4. The molecule has 2 aromatic carbocycles. The van der Waals surface area contributed by atoms with Gasteiger partial charge in [0.25, 0.3) is 0 Å². The third kappa shape index (κ3) is 11.7. The summed E-state index contributed by atoms with van der Waals surface area (Å²) in [5.74, 6) is -5.28. The van der Waals surface area contributed by atoms with E-state index in [0.29, 0.717) is 41.9 Å². The number of aromatic amines is 1. The monoisotopic (exact) mass is 1020 g/mol. The van der Waals surface area contributed by atoms with Gasteiger partial charge in [0.05, 0.1) is 24.3 Å². The molecule has 2 amide bonds. The number of aromatic hydroxyl groups is 2. The van der Waals surface area contributed by atoms with Gasteiger partial charge in [-0.3, -0.25) is 19.6 Å². The average molecular weight is 1020 g/mol. The standard InChI is InChI=1S/C47H67F3N8O10Si2/c1-28(2)31-24-32(35(60)25-34(31)59)40-53-54-43(63)58(40)30-14-13-29(33(48)23-30)26-55-18-20-56(21-19-55)38(61)16-22-65-44(64)52-37-15-17-57(42(62)51-37)41-47(49,50)39(68-70(11,12)46(6,7)8)36(67-41)27-66-69(9,10)45(3,4)5/h13-15,17,23-25,28,36,39,41,59-60H,16,18-22,26-27H2,1-12H3,(H,54,63)(H,51,52,62,64)/t36-,39-,41-/m1/s1. The van der Waals surface area contributed by atoms with Crippen LogP contribution in [0.25, 0.3) is 17.1 Å². The van der Waals surface area contributed by atoms with Gasteiger partial charge in [-0.2, -0.15) is 18.9 Å². The SMILES string of the molecule is CC(C)c1cc(-c2n[nH]c(=O)n2-c2ccc(CN3CCN(C(=O)CCOC(=O)Nc4ccn([C@@H]5O[C@H](CO[Si](C)(C)C(C)(C)C)[C@@H](O[Si](C)(C)C(C)(C)C)C5(F)F)c(=O)n4)CC3)c(F)c2)c(O)cc1O. The first-order valence-electron chi connectivity index (χ1n) is 23.3. The fraction of sp³-hybridized carbons (Fsp3) is 0.574. The summed E-state index contributed by atoms with van der Waals surface area (Å²) in [4.78, 5) is 59.2. The fourth-order valence-corrected chi connectivity index (χ4v) is 9.90. The summed E-state index contributed by atoms with van der Waals surface area (Å²) in [6.07, 6.45) is -5.08. The van der Waals surface area contributed by atoms with Crippen molar-refractivity contribution in [3.8, 4) is 28.6 Å². The lowest BCUT2D eigenvalue weighted by molar-refractivity contribution is -0.138. The number of aromatic nitrogens is 5. The van der Waals surface area contributed by atoms with Crippen molar-refractivity contribution in [3.63, 3.8) is 0 Å². The van der Waals surface area contributed by atoms with E-state index in [1.54, 1.807) is 17.0 Å². The molecule has 3 atom stereocenters. The normalized spacial score (nSPS) is 19.2. The number of benzene rings is 2. The Morgan fingerprint density at radius 2 is 1.61 bits per heavy atom. The van der Waals surface area contributed by atoms with Crippen molar-refractivity contribution in [2.24, 2.45) is 0 Å². The van der Waals surface area contributed by atoms with Crippen LogP contribution in [0.2, 0.25) is 36.3 Å². The highest BCUT2D eigenvalue weighted by molar-refractivity contribution is 6.74. The summed E-state index contributed by atoms with van der Waals surface area (Å²) in [5.41, 5.74) is -0.537. The molecule has 0 unspecified atom stereocenters. The van der Waals surface area contributed by atoms with Crippen LogP contribution < -0.4 is 16.7 Å². The molecule has 4 heterocycles. The van der Waals surface area contributed by atoms with E-state index >= 15 is 13.2 Å². The van der Waals surface area contributed by atoms with Gasteiger partial charge in [-0.05, 0) is 72.0 Å². The van der Waals surface area contributed by atoms with Crippen molar-refractivity contribution in [2.45, 2.75) is 135 Å². The molecule has 4 aromatic rings. The number of rotatable bonds is 15. The number of anilines is 1. The van der Waals surface area contributed by atoms with E-state index in [0.717, 1.165) is 10.8 Å². The summed E-state index contributed by atoms with van der Waals surface area (Å²) in [7, 11) is -5.17. The Bertz CT molecular complexity index is 2670. The van der Waals surface area contributed by atoms with E-state index in [1.165, 1.54) is 24.3 Å². The van der Waals surface area contributed by atoms with Crippen molar-refractivity contribution in [3.05, 3.63) is 80.5 Å². The molecule has 2 aliphatic rings. The van der Waals surface area contributed by atoms with Crippen LogP contribution in [0.3, 0.4) is 0 Å². The van der Waals surface area contributed by atoms with Gasteiger partial charge in [0.15, 0.2) is 22.5 Å². The van der Waals surface area contributed by atoms with Gasteiger partial charge in [0, 0.05) is 50.6 Å². The number of carbonyl (C=O) groups is 2. The van der Waals surface area contributed by atoms with Crippen molar-refractivity contribution < 1.29 is 51.3 Å². The molecule has 4 N–H and O–H groups in total. The second kappa shape index (κ2) is 20.4. The largest absolute Gasteiger partial charge is 0.508 e. The van der Waals surface area contributed by atoms with Gasteiger partial charge in [-0.15, -0.1) is 0 Å². The Hall–Kier alpha value is -5.34. The Labute approximate surface area is 407 Å². The highest BCUT2D eigenvalue weighted by Gasteiger charge is 2.63. The molecule has 0 aliphatic carbocycles. The predicted octanol–water partition coefficient (Wildman–Crippen LogP) is 7.69. The molecule has 0 radical (unpaired) electrons. The maximum atomic E-state index is 16.5. The second-order valence-corrected chi connectivity index (χ2v) is 30.9. The van der Waals surface area contributed by atoms with Gasteiger partial charge in [-0.25, -0.2) is 28.4 Å². The smallest absolute Gasteiger partial charge is 0.412 e. The molecular formula is C47H67F3N8O10Si2. The lowest BCUT2D eigenvalue weighted by Crippen LogP contribution is -2.53. The number of ether oxygens (including phenoxy) is 2. The van der Waals surface area contributed by atoms with Crippen LogP contribution in [0, 0.1) is 5.82 Å². The van der Waals surface area contributed by atoms with Crippen molar-refractivity contribution >= 4 is 34.5 Å². The van der Waals surface area contributed by atoms with Gasteiger partial charge in [-0.1, -0.05) is 61.5 Å². The molecular weight excluding hydrogens is 950 g/mol. The third-order valence-electron chi connectivity index (χ3n) is 13.9. The van der Waals surface area contributed by atoms with E-state index in [2.05, 4.69) is 20.5 Å². The van der Waals surface area contributed by atoms with Crippen LogP contribution in [-0.2, 0) is 29.7 Å². The molecule has 0 bridgehead atoms. The molecule has 0 spiro atoms. The van der Waals surface area contributed by atoms with Gasteiger partial charge in [0.1, 0.15) is 41.9 Å². The summed E-state index contributed by atoms with van der Waals surface area (Å²) in [6.45, 7) is 24.6. The van der Waals surface area contributed by atoms with Crippen molar-refractivity contribution in [1.82, 2.24) is 34.1 Å². The molecule has 23 heteroatoms. The Morgan fingerprint density at radius 1 is 0.957 bits per heavy atom. The van der Waals surface area contributed by atoms with E-state index in [-0.39, 0.29) is 77.4 Å².